The van der Waals surface area contributed by atoms with Crippen LogP contribution in [-0.4, -0.2) is 19.2 Å². The Morgan fingerprint density at radius 2 is 2.06 bits per heavy atom. The van der Waals surface area contributed by atoms with Crippen LogP contribution in [0.25, 0.3) is 0 Å². The Balaban J connectivity index is 3.11. The maximum atomic E-state index is 11.3. The van der Waals surface area contributed by atoms with Crippen LogP contribution in [0.3, 0.4) is 0 Å². The van der Waals surface area contributed by atoms with Crippen molar-refractivity contribution in [2.75, 3.05) is 12.8 Å². The van der Waals surface area contributed by atoms with E-state index < -0.39 is 5.97 Å². The SMILES string of the molecule is COC(=O)c1cc(Cl)c(OC(C)C)cc1N. The predicted molar refractivity (Wildman–Crippen MR) is 63.0 cm³/mol. The molecule has 1 rings (SSSR count). The van der Waals surface area contributed by atoms with Crippen LogP contribution in [0.15, 0.2) is 12.1 Å². The fourth-order valence-corrected chi connectivity index (χ4v) is 1.41. The van der Waals surface area contributed by atoms with Crippen molar-refractivity contribution >= 4 is 23.3 Å². The van der Waals surface area contributed by atoms with E-state index in [-0.39, 0.29) is 17.4 Å². The van der Waals surface area contributed by atoms with E-state index in [2.05, 4.69) is 4.74 Å². The highest BCUT2D eigenvalue weighted by Gasteiger charge is 2.14. The normalized spacial score (nSPS) is 10.3. The monoisotopic (exact) mass is 243 g/mol. The van der Waals surface area contributed by atoms with Crippen molar-refractivity contribution in [3.8, 4) is 5.75 Å². The minimum absolute atomic E-state index is 0.0131. The zero-order valence-electron chi connectivity index (χ0n) is 9.41. The quantitative estimate of drug-likeness (QED) is 0.655. The predicted octanol–water partition coefficient (Wildman–Crippen LogP) is 2.50. The summed E-state index contributed by atoms with van der Waals surface area (Å²) in [5, 5.41) is 0.336. The molecule has 0 saturated heterocycles. The molecule has 0 amide bonds. The molecule has 0 radical (unpaired) electrons. The molecule has 16 heavy (non-hydrogen) atoms. The van der Waals surface area contributed by atoms with Gasteiger partial charge in [0.05, 0.1) is 23.8 Å². The summed E-state index contributed by atoms with van der Waals surface area (Å²) < 4.78 is 10.0. The standard InChI is InChI=1S/C11H14ClNO3/c1-6(2)16-10-5-9(13)7(4-8(10)12)11(14)15-3/h4-6H,13H2,1-3H3. The Kier molecular flexibility index (Phi) is 4.01. The molecule has 0 bridgehead atoms. The molecule has 0 heterocycles. The molecule has 0 atom stereocenters. The molecule has 0 unspecified atom stereocenters. The van der Waals surface area contributed by atoms with Gasteiger partial charge in [0.25, 0.3) is 0 Å². The molecule has 4 nitrogen and oxygen atoms in total. The van der Waals surface area contributed by atoms with Crippen molar-refractivity contribution in [3.05, 3.63) is 22.7 Å². The number of anilines is 1. The van der Waals surface area contributed by atoms with Crippen LogP contribution in [0.1, 0.15) is 24.2 Å². The van der Waals surface area contributed by atoms with E-state index in [1.165, 1.54) is 19.2 Å². The Bertz CT molecular complexity index is 404. The molecule has 5 heteroatoms. The number of ether oxygens (including phenoxy) is 2. The number of hydrogen-bond acceptors (Lipinski definition) is 4. The number of benzene rings is 1. The largest absolute Gasteiger partial charge is 0.489 e. The summed E-state index contributed by atoms with van der Waals surface area (Å²) in [6.45, 7) is 3.75. The molecular formula is C11H14ClNO3. The average Bonchev–Trinajstić information content (AvgIpc) is 2.21. The lowest BCUT2D eigenvalue weighted by Gasteiger charge is -2.13. The van der Waals surface area contributed by atoms with Crippen molar-refractivity contribution in [1.82, 2.24) is 0 Å². The lowest BCUT2D eigenvalue weighted by atomic mass is 10.1. The second kappa shape index (κ2) is 5.07. The fourth-order valence-electron chi connectivity index (χ4n) is 1.20. The first kappa shape index (κ1) is 12.6. The van der Waals surface area contributed by atoms with Crippen molar-refractivity contribution in [2.45, 2.75) is 20.0 Å². The van der Waals surface area contributed by atoms with Crippen molar-refractivity contribution in [1.29, 1.82) is 0 Å². The van der Waals surface area contributed by atoms with Crippen molar-refractivity contribution in [3.63, 3.8) is 0 Å². The molecule has 1 aromatic carbocycles. The molecule has 0 aromatic heterocycles. The molecule has 0 aliphatic heterocycles. The van der Waals surface area contributed by atoms with Crippen LogP contribution >= 0.6 is 11.6 Å². The van der Waals surface area contributed by atoms with Gasteiger partial charge in [0, 0.05) is 11.8 Å². The van der Waals surface area contributed by atoms with Crippen LogP contribution in [0.2, 0.25) is 5.02 Å². The van der Waals surface area contributed by atoms with E-state index in [4.69, 9.17) is 22.1 Å². The van der Waals surface area contributed by atoms with Crippen LogP contribution in [-0.2, 0) is 4.74 Å². The number of methoxy groups -OCH3 is 1. The average molecular weight is 244 g/mol. The smallest absolute Gasteiger partial charge is 0.340 e. The van der Waals surface area contributed by atoms with E-state index in [9.17, 15) is 4.79 Å². The summed E-state index contributed by atoms with van der Waals surface area (Å²) in [5.41, 5.74) is 6.23. The highest BCUT2D eigenvalue weighted by Crippen LogP contribution is 2.30. The van der Waals surface area contributed by atoms with Crippen LogP contribution in [0.4, 0.5) is 5.69 Å². The molecule has 0 saturated carbocycles. The third kappa shape index (κ3) is 2.79. The number of halogens is 1. The van der Waals surface area contributed by atoms with Gasteiger partial charge in [-0.15, -0.1) is 0 Å². The number of hydrogen-bond donors (Lipinski definition) is 1. The molecule has 2 N–H and O–H groups in total. The van der Waals surface area contributed by atoms with Gasteiger partial charge in [0.15, 0.2) is 0 Å². The Morgan fingerprint density at radius 1 is 1.44 bits per heavy atom. The highest BCUT2D eigenvalue weighted by molar-refractivity contribution is 6.32. The van der Waals surface area contributed by atoms with E-state index in [0.29, 0.717) is 10.8 Å². The Labute approximate surface area is 99.3 Å². The number of rotatable bonds is 3. The van der Waals surface area contributed by atoms with E-state index in [1.807, 2.05) is 13.8 Å². The molecule has 0 aliphatic carbocycles. The third-order valence-corrected chi connectivity index (χ3v) is 2.17. The summed E-state index contributed by atoms with van der Waals surface area (Å²) in [6, 6.07) is 2.97. The van der Waals surface area contributed by atoms with Crippen LogP contribution in [0.5, 0.6) is 5.75 Å². The van der Waals surface area contributed by atoms with Crippen LogP contribution < -0.4 is 10.5 Å². The summed E-state index contributed by atoms with van der Waals surface area (Å²) in [6.07, 6.45) is -0.0131. The minimum Gasteiger partial charge on any atom is -0.489 e. The maximum Gasteiger partial charge on any atom is 0.340 e. The van der Waals surface area contributed by atoms with Crippen molar-refractivity contribution < 1.29 is 14.3 Å². The fraction of sp³-hybridized carbons (Fsp3) is 0.364. The first-order valence-electron chi connectivity index (χ1n) is 4.79. The number of carbonyl (C=O) groups is 1. The van der Waals surface area contributed by atoms with Gasteiger partial charge in [-0.2, -0.15) is 0 Å². The molecule has 0 aliphatic rings. The van der Waals surface area contributed by atoms with Crippen LogP contribution in [0, 0.1) is 0 Å². The zero-order valence-corrected chi connectivity index (χ0v) is 10.2. The number of carbonyl (C=O) groups excluding carboxylic acids is 1. The zero-order chi connectivity index (χ0) is 12.3. The molecule has 0 spiro atoms. The van der Waals surface area contributed by atoms with Gasteiger partial charge in [0.1, 0.15) is 5.75 Å². The summed E-state index contributed by atoms with van der Waals surface area (Å²) >= 11 is 5.96. The molecule has 1 aromatic rings. The maximum absolute atomic E-state index is 11.3. The van der Waals surface area contributed by atoms with E-state index >= 15 is 0 Å². The summed E-state index contributed by atoms with van der Waals surface area (Å²) in [4.78, 5) is 11.3. The van der Waals surface area contributed by atoms with Gasteiger partial charge in [-0.1, -0.05) is 11.6 Å². The van der Waals surface area contributed by atoms with Gasteiger partial charge in [-0.3, -0.25) is 0 Å². The topological polar surface area (TPSA) is 61.5 Å². The van der Waals surface area contributed by atoms with E-state index in [1.54, 1.807) is 0 Å². The molecule has 88 valence electrons. The van der Waals surface area contributed by atoms with Gasteiger partial charge >= 0.3 is 5.97 Å². The Hall–Kier alpha value is -1.42. The lowest BCUT2D eigenvalue weighted by Crippen LogP contribution is -2.09. The van der Waals surface area contributed by atoms with E-state index in [0.717, 1.165) is 0 Å². The molecular weight excluding hydrogens is 230 g/mol. The third-order valence-electron chi connectivity index (χ3n) is 1.87. The van der Waals surface area contributed by atoms with Gasteiger partial charge in [-0.05, 0) is 19.9 Å². The minimum atomic E-state index is -0.518. The summed E-state index contributed by atoms with van der Waals surface area (Å²) in [5.74, 6) is -0.0580. The second-order valence-electron chi connectivity index (χ2n) is 3.53. The first-order valence-corrected chi connectivity index (χ1v) is 5.17. The number of nitrogen functional groups attached to an aromatic ring is 1. The first-order chi connectivity index (χ1) is 7.45. The second-order valence-corrected chi connectivity index (χ2v) is 3.94. The number of nitrogens with two attached hydrogens (primary N) is 1. The van der Waals surface area contributed by atoms with Gasteiger partial charge < -0.3 is 15.2 Å². The van der Waals surface area contributed by atoms with Crippen molar-refractivity contribution in [2.24, 2.45) is 0 Å². The Morgan fingerprint density at radius 3 is 2.56 bits per heavy atom. The molecule has 0 fully saturated rings. The highest BCUT2D eigenvalue weighted by atomic mass is 35.5. The summed E-state index contributed by atoms with van der Waals surface area (Å²) in [7, 11) is 1.29. The van der Waals surface area contributed by atoms with Gasteiger partial charge in [0.2, 0.25) is 0 Å². The lowest BCUT2D eigenvalue weighted by molar-refractivity contribution is 0.0602. The van der Waals surface area contributed by atoms with Gasteiger partial charge in [-0.25, -0.2) is 4.79 Å². The number of esters is 1.